The highest BCUT2D eigenvalue weighted by Crippen LogP contribution is 2.40. The van der Waals surface area contributed by atoms with E-state index in [0.29, 0.717) is 62.4 Å². The predicted molar refractivity (Wildman–Crippen MR) is 589 cm³/mol. The fourth-order valence-corrected chi connectivity index (χ4v) is 14.5. The number of nitrogen functional groups attached to an aromatic ring is 1. The largest absolute Gasteiger partial charge is 0.496 e. The SMILES string of the molecule is C#C[Si](C)(C)C.C#Cc1ccc(NS(C)(=O)=O)cc1.CCC.COc1c(/C=C/c2ccc(NS(C)(=O)=O)cc2)cc(-n2ccc(=O)[nH]c2=O)cc1C(C)(C)C.COc1c(C#Cc2ccc(NS(C)(=O)=O)cc2)cc(-n2ccc(=O)[nH]c2=O)cc1C(C)(C)C.COc1c(I)cc(-n2ccc(=O)[nH]c2=O)cc1C(C)(C)C.CS(=O)(=O)Cl.CS(=O)(=O)Nc1ccc(I)cc1.I.Nc1ccc(I)cc1. The summed E-state index contributed by atoms with van der Waals surface area (Å²) < 4.78 is 141. The van der Waals surface area contributed by atoms with Gasteiger partial charge in [-0.3, -0.25) is 61.9 Å². The number of aromatic nitrogens is 6. The maximum absolute atomic E-state index is 12.4. The van der Waals surface area contributed by atoms with Gasteiger partial charge in [0.25, 0.3) is 16.7 Å². The van der Waals surface area contributed by atoms with Gasteiger partial charge in [0.15, 0.2) is 0 Å². The number of hydrogen-bond donors (Lipinski definition) is 8. The maximum Gasteiger partial charge on any atom is 0.332 e. The molecule has 11 aromatic rings. The fourth-order valence-electron chi connectivity index (χ4n) is 10.7. The van der Waals surface area contributed by atoms with Gasteiger partial charge in [0, 0.05) is 116 Å². The molecule has 8 aromatic carbocycles. The Hall–Kier alpha value is -10.2. The van der Waals surface area contributed by atoms with E-state index in [4.69, 9.17) is 32.8 Å². The third-order valence-corrected chi connectivity index (χ3v) is 22.1. The first-order chi connectivity index (χ1) is 61.7. The Bertz CT molecular complexity index is 7030. The first-order valence-corrected chi connectivity index (χ1v) is 57.1. The van der Waals surface area contributed by atoms with Crippen molar-refractivity contribution in [1.82, 2.24) is 28.7 Å². The number of benzene rings is 8. The van der Waals surface area contributed by atoms with Crippen molar-refractivity contribution in [1.29, 1.82) is 0 Å². The molecule has 9 N–H and O–H groups in total. The molecule has 11 rings (SSSR count). The van der Waals surface area contributed by atoms with E-state index in [1.54, 1.807) is 112 Å². The number of halogens is 5. The molecule has 135 heavy (non-hydrogen) atoms. The normalized spacial score (nSPS) is 11.1. The molecular formula is C94H114ClI4N11O19S5Si. The Morgan fingerprint density at radius 3 is 1.02 bits per heavy atom. The smallest absolute Gasteiger partial charge is 0.332 e. The summed E-state index contributed by atoms with van der Waals surface area (Å²) in [6.07, 6.45) is 24.9. The average molecular weight is 2430 g/mol. The number of methoxy groups -OCH3 is 3. The molecule has 728 valence electrons. The Balaban J connectivity index is 0.000000558. The van der Waals surface area contributed by atoms with Gasteiger partial charge in [-0.05, 0) is 235 Å². The lowest BCUT2D eigenvalue weighted by Gasteiger charge is -2.25. The lowest BCUT2D eigenvalue weighted by molar-refractivity contribution is 0.394. The van der Waals surface area contributed by atoms with Crippen molar-refractivity contribution in [2.24, 2.45) is 0 Å². The highest BCUT2D eigenvalue weighted by molar-refractivity contribution is 14.1. The monoisotopic (exact) mass is 2430 g/mol. The van der Waals surface area contributed by atoms with E-state index in [-0.39, 0.29) is 40.2 Å². The van der Waals surface area contributed by atoms with Gasteiger partial charge in [0.1, 0.15) is 25.3 Å². The Labute approximate surface area is 854 Å². The van der Waals surface area contributed by atoms with Gasteiger partial charge in [-0.1, -0.05) is 144 Å². The van der Waals surface area contributed by atoms with Crippen LogP contribution in [-0.2, 0) is 65.4 Å². The van der Waals surface area contributed by atoms with Gasteiger partial charge >= 0.3 is 17.1 Å². The lowest BCUT2D eigenvalue weighted by Crippen LogP contribution is -2.28. The van der Waals surface area contributed by atoms with Crippen molar-refractivity contribution >= 4 is 200 Å². The molecule has 0 radical (unpaired) electrons. The van der Waals surface area contributed by atoms with E-state index in [1.165, 1.54) is 60.5 Å². The molecule has 0 aliphatic heterocycles. The van der Waals surface area contributed by atoms with Crippen LogP contribution in [-0.4, -0.2) is 131 Å². The van der Waals surface area contributed by atoms with Crippen LogP contribution in [0.4, 0.5) is 28.4 Å². The standard InChI is InChI=1S/C24H27N3O5S.C24H25N3O5S.C15H17IN2O3.C9H9NO2S.C7H8INO2S.C6H6IN.C5H10Si.C3H8.CH3ClO2S.HI/c2*1-24(2,3)20-15-19(27-13-12-21(28)25-23(27)29)14-17(22(20)32-4)9-6-16-7-10-18(11-8-16)26-33(5,30)31;1-15(2,3)10-7-9(8-11(16)13(10)21-4)18-6-5-12(19)17-14(18)20;1-3-8-4-6-9(7-5-8)10-13(2,11)12;1-12(10,11)9-7-4-2-6(8)3-5-7;7-5-1-3-6(8)4-2-5;1-5-6(2,3)4;1-3-2;1-5(2,3)4;/h6-15,26H,1-5H3,(H,25,28,29);7-8,10-15,26H,1-5H3,(H,25,28,29);5-8H,1-4H3,(H,17,19,20);1,4-7,10H,2H3;2-5,9H,1H3;1-4H,8H2;1H,2-4H3;3H2,1-2H3;1H3;1H/b9-6+;;;;;;;;;. The molecule has 0 aliphatic carbocycles. The number of nitrogens with one attached hydrogen (secondary N) is 7. The summed E-state index contributed by atoms with van der Waals surface area (Å²) in [7, 11) is -8.05. The number of rotatable bonds is 16. The van der Waals surface area contributed by atoms with Gasteiger partial charge in [0.2, 0.25) is 49.1 Å². The van der Waals surface area contributed by atoms with Crippen LogP contribution in [0.3, 0.4) is 0 Å². The Kier molecular flexibility index (Phi) is 48.4. The van der Waals surface area contributed by atoms with Gasteiger partial charge in [-0.25, -0.2) is 56.5 Å². The second-order valence-electron chi connectivity index (χ2n) is 33.2. The molecule has 0 amide bonds. The molecule has 0 saturated carbocycles. The molecule has 0 bridgehead atoms. The molecule has 41 heteroatoms. The van der Waals surface area contributed by atoms with Gasteiger partial charge in [0.05, 0.1) is 78.8 Å². The minimum absolute atomic E-state index is 0. The van der Waals surface area contributed by atoms with Crippen LogP contribution in [0.1, 0.15) is 127 Å². The summed E-state index contributed by atoms with van der Waals surface area (Å²) in [6.45, 7) is 29.1. The third kappa shape index (κ3) is 46.9. The summed E-state index contributed by atoms with van der Waals surface area (Å²) in [6, 6.07) is 50.0. The predicted octanol–water partition coefficient (Wildman–Crippen LogP) is 16.7. The minimum atomic E-state index is -3.36. The van der Waals surface area contributed by atoms with Crippen molar-refractivity contribution in [3.63, 3.8) is 0 Å². The van der Waals surface area contributed by atoms with E-state index < -0.39 is 91.0 Å². The summed E-state index contributed by atoms with van der Waals surface area (Å²) >= 11 is 6.58. The van der Waals surface area contributed by atoms with E-state index >= 15 is 0 Å². The molecule has 0 atom stereocenters. The molecule has 0 unspecified atom stereocenters. The van der Waals surface area contributed by atoms with E-state index in [0.717, 1.165) is 83.2 Å². The lowest BCUT2D eigenvalue weighted by atomic mass is 9.84. The summed E-state index contributed by atoms with van der Waals surface area (Å²) in [5, 5.41) is 0. The second kappa shape index (κ2) is 54.1. The summed E-state index contributed by atoms with van der Waals surface area (Å²) in [4.78, 5) is 77.6. The van der Waals surface area contributed by atoms with Crippen molar-refractivity contribution in [2.45, 2.75) is 118 Å². The zero-order chi connectivity index (χ0) is 102. The number of nitrogens with zero attached hydrogens (tertiary/aromatic N) is 3. The molecule has 0 fully saturated rings. The molecule has 0 spiro atoms. The van der Waals surface area contributed by atoms with Crippen molar-refractivity contribution in [3.05, 3.63) is 312 Å². The van der Waals surface area contributed by atoms with E-state index in [9.17, 15) is 70.9 Å². The topological polar surface area (TPSA) is 437 Å². The first-order valence-electron chi connectivity index (χ1n) is 40.1. The number of aromatic amines is 3. The molecular weight excluding hydrogens is 2320 g/mol. The molecule has 3 aromatic heterocycles. The Morgan fingerprint density at radius 2 is 0.726 bits per heavy atom. The number of hydrogen-bond acceptors (Lipinski definition) is 20. The third-order valence-electron chi connectivity index (χ3n) is 16.6. The number of nitrogens with two attached hydrogens (primary N) is 1. The van der Waals surface area contributed by atoms with Crippen LogP contribution in [0.2, 0.25) is 19.6 Å². The number of ether oxygens (including phenoxy) is 3. The summed E-state index contributed by atoms with van der Waals surface area (Å²) in [5.41, 5.74) is 15.5. The van der Waals surface area contributed by atoms with Gasteiger partial charge < -0.3 is 19.9 Å². The zero-order valence-corrected chi connectivity index (χ0v) is 93.3. The van der Waals surface area contributed by atoms with Crippen LogP contribution in [0.5, 0.6) is 17.2 Å². The summed E-state index contributed by atoms with van der Waals surface area (Å²) in [5.74, 6) is 10.7. The zero-order valence-electron chi connectivity index (χ0n) is 78.6. The first kappa shape index (κ1) is 121. The maximum atomic E-state index is 12.4. The quantitative estimate of drug-likeness (QED) is 0.0111. The number of sulfonamides is 4. The van der Waals surface area contributed by atoms with Crippen LogP contribution in [0.15, 0.2) is 223 Å². The Morgan fingerprint density at radius 1 is 0.437 bits per heavy atom. The van der Waals surface area contributed by atoms with Crippen LogP contribution < -0.4 is 72.6 Å². The van der Waals surface area contributed by atoms with E-state index in [2.05, 4.69) is 190 Å². The molecule has 3 heterocycles. The van der Waals surface area contributed by atoms with E-state index in [1.807, 2.05) is 120 Å². The number of H-pyrrole nitrogens is 3. The number of anilines is 5. The molecule has 0 aliphatic rings. The van der Waals surface area contributed by atoms with Crippen LogP contribution >= 0.6 is 102 Å². The second-order valence-corrected chi connectivity index (χ2v) is 51.7. The van der Waals surface area contributed by atoms with Gasteiger partial charge in [-0.2, -0.15) is 0 Å². The van der Waals surface area contributed by atoms with Gasteiger partial charge in [-0.15, -0.1) is 42.4 Å². The number of terminal acetylenes is 2. The van der Waals surface area contributed by atoms with Crippen LogP contribution in [0.25, 0.3) is 29.2 Å². The van der Waals surface area contributed by atoms with Crippen molar-refractivity contribution in [2.75, 3.05) is 77.2 Å². The highest BCUT2D eigenvalue weighted by atomic mass is 127. The molecule has 30 nitrogen and oxygen atoms in total. The molecule has 0 saturated heterocycles. The van der Waals surface area contributed by atoms with Crippen molar-refractivity contribution < 1.29 is 56.3 Å². The van der Waals surface area contributed by atoms with Crippen molar-refractivity contribution in [3.8, 4) is 70.5 Å². The highest BCUT2D eigenvalue weighted by Gasteiger charge is 2.26. The van der Waals surface area contributed by atoms with Crippen LogP contribution in [0, 0.1) is 46.9 Å². The fraction of sp³-hybridized carbons (Fsp3) is 0.277. The average Bonchev–Trinajstić information content (AvgIpc) is 0.782. The minimum Gasteiger partial charge on any atom is -0.496 e.